The molecular weight excluding hydrogens is 211 g/mol. The molecule has 1 aliphatic carbocycles. The van der Waals surface area contributed by atoms with Gasteiger partial charge in [0.2, 0.25) is 0 Å². The normalized spacial score (nSPS) is 29.1. The van der Waals surface area contributed by atoms with Crippen LogP contribution in [0.3, 0.4) is 0 Å². The van der Waals surface area contributed by atoms with Gasteiger partial charge >= 0.3 is 5.51 Å². The fraction of sp³-hybridized carbons (Fsp3) is 1.00. The molecule has 1 rings (SSSR count). The lowest BCUT2D eigenvalue weighted by molar-refractivity contribution is -0.0328. The Morgan fingerprint density at radius 3 is 2.57 bits per heavy atom. The minimum absolute atomic E-state index is 0.0876. The van der Waals surface area contributed by atoms with Crippen LogP contribution in [-0.2, 0) is 0 Å². The van der Waals surface area contributed by atoms with Crippen molar-refractivity contribution in [3.05, 3.63) is 0 Å². The first-order chi connectivity index (χ1) is 6.47. The summed E-state index contributed by atoms with van der Waals surface area (Å²) in [6.45, 7) is 0. The third-order valence-corrected chi connectivity index (χ3v) is 3.38. The molecule has 0 aromatic rings. The van der Waals surface area contributed by atoms with Gasteiger partial charge in [-0.15, -0.1) is 0 Å². The number of rotatable bonds is 3. The zero-order valence-electron chi connectivity index (χ0n) is 8.02. The molecule has 0 radical (unpaired) electrons. The predicted octanol–water partition coefficient (Wildman–Crippen LogP) is 3.15. The minimum Gasteiger partial charge on any atom is -0.328 e. The van der Waals surface area contributed by atoms with Crippen molar-refractivity contribution in [2.24, 2.45) is 11.7 Å². The highest BCUT2D eigenvalue weighted by atomic mass is 32.2. The number of halogens is 3. The van der Waals surface area contributed by atoms with Crippen LogP contribution in [0.25, 0.3) is 0 Å². The van der Waals surface area contributed by atoms with Crippen LogP contribution in [0.15, 0.2) is 0 Å². The van der Waals surface area contributed by atoms with Gasteiger partial charge in [0.05, 0.1) is 0 Å². The number of thioether (sulfide) groups is 1. The molecule has 1 fully saturated rings. The van der Waals surface area contributed by atoms with Crippen molar-refractivity contribution in [1.29, 1.82) is 0 Å². The zero-order valence-corrected chi connectivity index (χ0v) is 8.83. The monoisotopic (exact) mass is 227 g/mol. The van der Waals surface area contributed by atoms with E-state index < -0.39 is 5.51 Å². The first-order valence-corrected chi connectivity index (χ1v) is 5.92. The Bertz CT molecular complexity index is 172. The molecule has 0 amide bonds. The summed E-state index contributed by atoms with van der Waals surface area (Å²) in [6, 6.07) is 0.213. The van der Waals surface area contributed by atoms with Crippen LogP contribution >= 0.6 is 11.8 Å². The van der Waals surface area contributed by atoms with Crippen LogP contribution in [0.2, 0.25) is 0 Å². The number of nitrogens with two attached hydrogens (primary N) is 1. The lowest BCUT2D eigenvalue weighted by atomic mass is 9.85. The molecule has 2 N–H and O–H groups in total. The average molecular weight is 227 g/mol. The maximum atomic E-state index is 11.8. The fourth-order valence-electron chi connectivity index (χ4n) is 1.94. The SMILES string of the molecule is NC1CCCC(CCSC(F)(F)F)C1. The Balaban J connectivity index is 2.12. The Morgan fingerprint density at radius 1 is 1.29 bits per heavy atom. The van der Waals surface area contributed by atoms with Crippen LogP contribution in [0.5, 0.6) is 0 Å². The quantitative estimate of drug-likeness (QED) is 0.801. The van der Waals surface area contributed by atoms with Crippen molar-refractivity contribution < 1.29 is 13.2 Å². The molecule has 14 heavy (non-hydrogen) atoms. The maximum absolute atomic E-state index is 11.8. The molecule has 5 heteroatoms. The first kappa shape index (κ1) is 12.2. The van der Waals surface area contributed by atoms with Gasteiger partial charge in [0.1, 0.15) is 0 Å². The Morgan fingerprint density at radius 2 is 2.00 bits per heavy atom. The van der Waals surface area contributed by atoms with Crippen LogP contribution in [0, 0.1) is 5.92 Å². The predicted molar refractivity (Wildman–Crippen MR) is 53.1 cm³/mol. The summed E-state index contributed by atoms with van der Waals surface area (Å²) in [7, 11) is 0. The molecular formula is C9H16F3NS. The highest BCUT2D eigenvalue weighted by molar-refractivity contribution is 8.00. The van der Waals surface area contributed by atoms with E-state index in [-0.39, 0.29) is 23.6 Å². The number of hydrogen-bond donors (Lipinski definition) is 1. The van der Waals surface area contributed by atoms with Crippen molar-refractivity contribution in [1.82, 2.24) is 0 Å². The van der Waals surface area contributed by atoms with Gasteiger partial charge < -0.3 is 5.73 Å². The van der Waals surface area contributed by atoms with Crippen LogP contribution in [-0.4, -0.2) is 17.3 Å². The third-order valence-electron chi connectivity index (χ3n) is 2.62. The summed E-state index contributed by atoms with van der Waals surface area (Å²) < 4.78 is 35.5. The first-order valence-electron chi connectivity index (χ1n) is 4.93. The summed E-state index contributed by atoms with van der Waals surface area (Å²) in [5.41, 5.74) is 1.68. The summed E-state index contributed by atoms with van der Waals surface area (Å²) in [6.07, 6.45) is 4.70. The van der Waals surface area contributed by atoms with E-state index >= 15 is 0 Å². The standard InChI is InChI=1S/C9H16F3NS/c10-9(11,12)14-5-4-7-2-1-3-8(13)6-7/h7-8H,1-6,13H2. The third kappa shape index (κ3) is 5.10. The van der Waals surface area contributed by atoms with E-state index in [9.17, 15) is 13.2 Å². The van der Waals surface area contributed by atoms with Gasteiger partial charge in [-0.2, -0.15) is 13.2 Å². The highest BCUT2D eigenvalue weighted by Crippen LogP contribution is 2.33. The summed E-state index contributed by atoms with van der Waals surface area (Å²) in [5.74, 6) is 0.592. The zero-order chi connectivity index (χ0) is 10.6. The second-order valence-corrected chi connectivity index (χ2v) is 5.04. The molecule has 2 atom stereocenters. The molecule has 0 spiro atoms. The molecule has 0 bridgehead atoms. The fourth-order valence-corrected chi connectivity index (χ4v) is 2.62. The van der Waals surface area contributed by atoms with Crippen LogP contribution in [0.4, 0.5) is 13.2 Å². The molecule has 0 aliphatic heterocycles. The molecule has 1 saturated carbocycles. The number of hydrogen-bond acceptors (Lipinski definition) is 2. The van der Waals surface area contributed by atoms with E-state index in [2.05, 4.69) is 0 Å². The van der Waals surface area contributed by atoms with E-state index in [1.165, 1.54) is 0 Å². The lowest BCUT2D eigenvalue weighted by Crippen LogP contribution is -2.28. The topological polar surface area (TPSA) is 26.0 Å². The van der Waals surface area contributed by atoms with Crippen LogP contribution < -0.4 is 5.73 Å². The smallest absolute Gasteiger partial charge is 0.328 e. The van der Waals surface area contributed by atoms with Crippen LogP contribution in [0.1, 0.15) is 32.1 Å². The second-order valence-electron chi connectivity index (χ2n) is 3.88. The van der Waals surface area contributed by atoms with Gasteiger partial charge in [-0.3, -0.25) is 0 Å². The van der Waals surface area contributed by atoms with Crippen molar-refractivity contribution in [3.8, 4) is 0 Å². The molecule has 0 aromatic carbocycles. The molecule has 0 heterocycles. The van der Waals surface area contributed by atoms with Crippen molar-refractivity contribution in [3.63, 3.8) is 0 Å². The van der Waals surface area contributed by atoms with E-state index in [0.717, 1.165) is 25.7 Å². The highest BCUT2D eigenvalue weighted by Gasteiger charge is 2.28. The van der Waals surface area contributed by atoms with Gasteiger partial charge in [-0.25, -0.2) is 0 Å². The van der Waals surface area contributed by atoms with Gasteiger partial charge in [0.15, 0.2) is 0 Å². The van der Waals surface area contributed by atoms with Crippen molar-refractivity contribution in [2.75, 3.05) is 5.75 Å². The lowest BCUT2D eigenvalue weighted by Gasteiger charge is -2.26. The molecule has 0 saturated heterocycles. The van der Waals surface area contributed by atoms with Gasteiger partial charge in [-0.1, -0.05) is 24.6 Å². The molecule has 1 nitrogen and oxygen atoms in total. The minimum atomic E-state index is -4.07. The van der Waals surface area contributed by atoms with Gasteiger partial charge in [0, 0.05) is 11.8 Å². The Labute approximate surface area is 86.6 Å². The Hall–Kier alpha value is 0.100. The largest absolute Gasteiger partial charge is 0.441 e. The molecule has 1 aliphatic rings. The summed E-state index contributed by atoms with van der Waals surface area (Å²) >= 11 is 0.0876. The van der Waals surface area contributed by atoms with Crippen molar-refractivity contribution >= 4 is 11.8 Å². The number of alkyl halides is 3. The molecule has 0 aromatic heterocycles. The van der Waals surface area contributed by atoms with E-state index in [0.29, 0.717) is 12.3 Å². The maximum Gasteiger partial charge on any atom is 0.441 e. The average Bonchev–Trinajstić information content (AvgIpc) is 2.01. The van der Waals surface area contributed by atoms with E-state index in [4.69, 9.17) is 5.73 Å². The summed E-state index contributed by atoms with van der Waals surface area (Å²) in [4.78, 5) is 0. The second kappa shape index (κ2) is 5.26. The van der Waals surface area contributed by atoms with E-state index in [1.807, 2.05) is 0 Å². The molecule has 2 unspecified atom stereocenters. The van der Waals surface area contributed by atoms with Gasteiger partial charge in [-0.05, 0) is 25.2 Å². The van der Waals surface area contributed by atoms with Gasteiger partial charge in [0.25, 0.3) is 0 Å². The van der Waals surface area contributed by atoms with Crippen molar-refractivity contribution in [2.45, 2.75) is 43.7 Å². The summed E-state index contributed by atoms with van der Waals surface area (Å²) in [5, 5.41) is 0. The van der Waals surface area contributed by atoms with E-state index in [1.54, 1.807) is 0 Å². The Kier molecular flexibility index (Phi) is 4.57. The molecule has 84 valence electrons.